The van der Waals surface area contributed by atoms with Gasteiger partial charge in [-0.25, -0.2) is 0 Å². The SMILES string of the molecule is O=C([C@H]1CCCO1)N1CCCC1CO. The number of rotatable bonds is 2. The maximum atomic E-state index is 11.9. The summed E-state index contributed by atoms with van der Waals surface area (Å²) in [4.78, 5) is 13.7. The van der Waals surface area contributed by atoms with Crippen LogP contribution in [0.3, 0.4) is 0 Å². The minimum absolute atomic E-state index is 0.0340. The molecule has 1 N–H and O–H groups in total. The van der Waals surface area contributed by atoms with E-state index in [0.717, 1.165) is 32.2 Å². The van der Waals surface area contributed by atoms with E-state index in [4.69, 9.17) is 9.84 Å². The Balaban J connectivity index is 1.95. The minimum Gasteiger partial charge on any atom is -0.394 e. The Labute approximate surface area is 83.8 Å². The fraction of sp³-hybridized carbons (Fsp3) is 0.900. The number of amides is 1. The lowest BCUT2D eigenvalue weighted by Gasteiger charge is -2.25. The van der Waals surface area contributed by atoms with Crippen molar-refractivity contribution in [2.24, 2.45) is 0 Å². The molecule has 0 spiro atoms. The molecule has 2 fully saturated rings. The van der Waals surface area contributed by atoms with Crippen molar-refractivity contribution in [2.45, 2.75) is 37.8 Å². The molecule has 0 aliphatic carbocycles. The summed E-state index contributed by atoms with van der Waals surface area (Å²) in [6, 6.07) is 0.0340. The Morgan fingerprint density at radius 1 is 1.43 bits per heavy atom. The van der Waals surface area contributed by atoms with Crippen molar-refractivity contribution in [3.8, 4) is 0 Å². The normalized spacial score (nSPS) is 32.5. The quantitative estimate of drug-likeness (QED) is 0.688. The Morgan fingerprint density at radius 2 is 2.29 bits per heavy atom. The monoisotopic (exact) mass is 199 g/mol. The molecule has 0 radical (unpaired) electrons. The first kappa shape index (κ1) is 9.93. The number of carbonyl (C=O) groups is 1. The van der Waals surface area contributed by atoms with Crippen LogP contribution >= 0.6 is 0 Å². The van der Waals surface area contributed by atoms with Crippen molar-refractivity contribution in [3.63, 3.8) is 0 Å². The fourth-order valence-electron chi connectivity index (χ4n) is 2.27. The van der Waals surface area contributed by atoms with Gasteiger partial charge < -0.3 is 14.7 Å². The minimum atomic E-state index is -0.234. The van der Waals surface area contributed by atoms with Gasteiger partial charge in [-0.15, -0.1) is 0 Å². The zero-order valence-electron chi connectivity index (χ0n) is 8.32. The zero-order valence-corrected chi connectivity index (χ0v) is 8.32. The van der Waals surface area contributed by atoms with E-state index < -0.39 is 0 Å². The molecule has 1 unspecified atom stereocenters. The predicted octanol–water partition coefficient (Wildman–Crippen LogP) is 0.149. The van der Waals surface area contributed by atoms with Crippen LogP contribution in [-0.4, -0.2) is 47.8 Å². The first-order valence-corrected chi connectivity index (χ1v) is 5.36. The van der Waals surface area contributed by atoms with Crippen LogP contribution in [0.1, 0.15) is 25.7 Å². The predicted molar refractivity (Wildman–Crippen MR) is 50.8 cm³/mol. The van der Waals surface area contributed by atoms with E-state index in [9.17, 15) is 4.79 Å². The van der Waals surface area contributed by atoms with Crippen molar-refractivity contribution in [1.82, 2.24) is 4.90 Å². The maximum Gasteiger partial charge on any atom is 0.252 e. The molecule has 2 aliphatic heterocycles. The molecule has 0 saturated carbocycles. The summed E-state index contributed by atoms with van der Waals surface area (Å²) in [5.74, 6) is 0.0825. The van der Waals surface area contributed by atoms with Gasteiger partial charge in [-0.3, -0.25) is 4.79 Å². The van der Waals surface area contributed by atoms with Crippen LogP contribution in [0.15, 0.2) is 0 Å². The number of likely N-dealkylation sites (tertiary alicyclic amines) is 1. The molecule has 0 aromatic rings. The molecule has 1 amide bonds. The Morgan fingerprint density at radius 3 is 2.93 bits per heavy atom. The van der Waals surface area contributed by atoms with Crippen molar-refractivity contribution in [2.75, 3.05) is 19.8 Å². The molecule has 2 saturated heterocycles. The highest BCUT2D eigenvalue weighted by Crippen LogP contribution is 2.22. The Kier molecular flexibility index (Phi) is 3.03. The van der Waals surface area contributed by atoms with Crippen molar-refractivity contribution in [1.29, 1.82) is 0 Å². The lowest BCUT2D eigenvalue weighted by atomic mass is 10.2. The molecule has 80 valence electrons. The lowest BCUT2D eigenvalue weighted by molar-refractivity contribution is -0.142. The summed E-state index contributed by atoms with van der Waals surface area (Å²) in [5, 5.41) is 9.09. The number of aliphatic hydroxyl groups is 1. The van der Waals surface area contributed by atoms with Gasteiger partial charge in [0, 0.05) is 13.2 Å². The second kappa shape index (κ2) is 4.28. The second-order valence-corrected chi connectivity index (χ2v) is 4.01. The van der Waals surface area contributed by atoms with Crippen LogP contribution in [0.5, 0.6) is 0 Å². The summed E-state index contributed by atoms with van der Waals surface area (Å²) in [6.45, 7) is 1.57. The van der Waals surface area contributed by atoms with E-state index in [1.807, 2.05) is 0 Å². The first-order valence-electron chi connectivity index (χ1n) is 5.36. The topological polar surface area (TPSA) is 49.8 Å². The molecule has 4 nitrogen and oxygen atoms in total. The van der Waals surface area contributed by atoms with E-state index >= 15 is 0 Å². The highest BCUT2D eigenvalue weighted by atomic mass is 16.5. The summed E-state index contributed by atoms with van der Waals surface area (Å²) in [7, 11) is 0. The van der Waals surface area contributed by atoms with Crippen LogP contribution in [0, 0.1) is 0 Å². The van der Waals surface area contributed by atoms with Gasteiger partial charge in [0.15, 0.2) is 0 Å². The molecule has 4 heteroatoms. The molecule has 2 aliphatic rings. The van der Waals surface area contributed by atoms with Crippen molar-refractivity contribution < 1.29 is 14.6 Å². The van der Waals surface area contributed by atoms with Crippen LogP contribution in [-0.2, 0) is 9.53 Å². The van der Waals surface area contributed by atoms with Gasteiger partial charge >= 0.3 is 0 Å². The number of nitrogens with zero attached hydrogens (tertiary/aromatic N) is 1. The first-order chi connectivity index (χ1) is 6.83. The molecular weight excluding hydrogens is 182 g/mol. The lowest BCUT2D eigenvalue weighted by Crippen LogP contribution is -2.43. The average Bonchev–Trinajstić information content (AvgIpc) is 2.87. The van der Waals surface area contributed by atoms with Crippen LogP contribution in [0.25, 0.3) is 0 Å². The molecule has 0 bridgehead atoms. The summed E-state index contributed by atoms with van der Waals surface area (Å²) < 4.78 is 5.35. The number of hydrogen-bond acceptors (Lipinski definition) is 3. The number of ether oxygens (including phenoxy) is 1. The van der Waals surface area contributed by atoms with Crippen LogP contribution in [0.4, 0.5) is 0 Å². The third-order valence-corrected chi connectivity index (χ3v) is 3.08. The van der Waals surface area contributed by atoms with E-state index in [1.165, 1.54) is 0 Å². The third-order valence-electron chi connectivity index (χ3n) is 3.08. The standard InChI is InChI=1S/C10H17NO3/c12-7-8-3-1-5-11(8)10(13)9-4-2-6-14-9/h8-9,12H,1-7H2/t8?,9-/m1/s1. The zero-order chi connectivity index (χ0) is 9.97. The van der Waals surface area contributed by atoms with E-state index in [0.29, 0.717) is 6.61 Å². The van der Waals surface area contributed by atoms with E-state index in [-0.39, 0.29) is 24.7 Å². The van der Waals surface area contributed by atoms with E-state index in [1.54, 1.807) is 4.90 Å². The summed E-state index contributed by atoms with van der Waals surface area (Å²) in [6.07, 6.45) is 3.52. The number of aliphatic hydroxyl groups excluding tert-OH is 1. The van der Waals surface area contributed by atoms with Gasteiger partial charge in [0.2, 0.25) is 0 Å². The highest BCUT2D eigenvalue weighted by molar-refractivity contribution is 5.81. The second-order valence-electron chi connectivity index (χ2n) is 4.01. The fourth-order valence-corrected chi connectivity index (χ4v) is 2.27. The average molecular weight is 199 g/mol. The molecule has 2 rings (SSSR count). The van der Waals surface area contributed by atoms with Crippen molar-refractivity contribution >= 4 is 5.91 Å². The van der Waals surface area contributed by atoms with Gasteiger partial charge in [-0.05, 0) is 25.7 Å². The molecule has 2 atom stereocenters. The molecule has 0 aromatic heterocycles. The molecule has 0 aromatic carbocycles. The Bertz CT molecular complexity index is 213. The summed E-state index contributed by atoms with van der Waals surface area (Å²) in [5.41, 5.74) is 0. The van der Waals surface area contributed by atoms with Crippen LogP contribution in [0.2, 0.25) is 0 Å². The van der Waals surface area contributed by atoms with Gasteiger partial charge in [0.25, 0.3) is 5.91 Å². The Hall–Kier alpha value is -0.610. The van der Waals surface area contributed by atoms with Gasteiger partial charge in [0.05, 0.1) is 12.6 Å². The largest absolute Gasteiger partial charge is 0.394 e. The number of hydrogen-bond donors (Lipinski definition) is 1. The van der Waals surface area contributed by atoms with Crippen molar-refractivity contribution in [3.05, 3.63) is 0 Å². The van der Waals surface area contributed by atoms with Crippen LogP contribution < -0.4 is 0 Å². The highest BCUT2D eigenvalue weighted by Gasteiger charge is 2.34. The van der Waals surface area contributed by atoms with Gasteiger partial charge in [0.1, 0.15) is 6.10 Å². The van der Waals surface area contributed by atoms with Gasteiger partial charge in [-0.2, -0.15) is 0 Å². The molecule has 2 heterocycles. The van der Waals surface area contributed by atoms with Gasteiger partial charge in [-0.1, -0.05) is 0 Å². The molecular formula is C10H17NO3. The van der Waals surface area contributed by atoms with E-state index in [2.05, 4.69) is 0 Å². The number of carbonyl (C=O) groups excluding carboxylic acids is 1. The maximum absolute atomic E-state index is 11.9. The molecule has 14 heavy (non-hydrogen) atoms. The summed E-state index contributed by atoms with van der Waals surface area (Å²) >= 11 is 0. The smallest absolute Gasteiger partial charge is 0.252 e. The third kappa shape index (κ3) is 1.77.